The van der Waals surface area contributed by atoms with E-state index in [-0.39, 0.29) is 0 Å². The van der Waals surface area contributed by atoms with Gasteiger partial charge in [0.1, 0.15) is 0 Å². The van der Waals surface area contributed by atoms with Gasteiger partial charge in [0.2, 0.25) is 0 Å². The Morgan fingerprint density at radius 2 is 1.65 bits per heavy atom. The predicted molar refractivity (Wildman–Crippen MR) is 66.0 cm³/mol. The minimum absolute atomic E-state index is 0.630. The van der Waals surface area contributed by atoms with Crippen molar-refractivity contribution in [3.63, 3.8) is 0 Å². The van der Waals surface area contributed by atoms with Crippen molar-refractivity contribution in [2.75, 3.05) is 0 Å². The Morgan fingerprint density at radius 1 is 1.24 bits per heavy atom. The summed E-state index contributed by atoms with van der Waals surface area (Å²) in [5, 5.41) is 18.5. The van der Waals surface area contributed by atoms with Crippen molar-refractivity contribution in [3.05, 3.63) is 33.9 Å². The Bertz CT molecular complexity index is 500. The van der Waals surface area contributed by atoms with E-state index in [2.05, 4.69) is 0 Å². The van der Waals surface area contributed by atoms with E-state index < -0.39 is 11.4 Å². The molecular formula is C14H17NO2. The van der Waals surface area contributed by atoms with Crippen LogP contribution in [0.1, 0.15) is 34.7 Å². The van der Waals surface area contributed by atoms with E-state index >= 15 is 0 Å². The van der Waals surface area contributed by atoms with E-state index in [9.17, 15) is 15.2 Å². The quantitative estimate of drug-likeness (QED) is 0.851. The maximum atomic E-state index is 11.4. The molecule has 1 aromatic carbocycles. The third-order valence-corrected chi connectivity index (χ3v) is 3.52. The van der Waals surface area contributed by atoms with Crippen molar-refractivity contribution in [3.8, 4) is 6.07 Å². The van der Waals surface area contributed by atoms with E-state index in [0.717, 1.165) is 22.3 Å². The molecular weight excluding hydrogens is 214 g/mol. The van der Waals surface area contributed by atoms with Gasteiger partial charge in [-0.1, -0.05) is 6.07 Å². The number of nitrogens with zero attached hydrogens (tertiary/aromatic N) is 1. The zero-order chi connectivity index (χ0) is 13.4. The van der Waals surface area contributed by atoms with Crippen LogP contribution in [0, 0.1) is 39.0 Å². The van der Waals surface area contributed by atoms with E-state index in [1.54, 1.807) is 0 Å². The Kier molecular flexibility index (Phi) is 3.28. The van der Waals surface area contributed by atoms with Crippen LogP contribution in [0.15, 0.2) is 6.07 Å². The molecule has 0 fully saturated rings. The SMILES string of the molecule is Cc1cc(C)c(C)c(C(C)(C#N)C(=O)O)c1C. The average Bonchev–Trinajstić information content (AvgIpc) is 2.26. The van der Waals surface area contributed by atoms with Crippen LogP contribution in [0.5, 0.6) is 0 Å². The van der Waals surface area contributed by atoms with Gasteiger partial charge in [-0.25, -0.2) is 0 Å². The first kappa shape index (κ1) is 13.2. The van der Waals surface area contributed by atoms with Crippen LogP contribution in [0.3, 0.4) is 0 Å². The highest BCUT2D eigenvalue weighted by Crippen LogP contribution is 2.33. The first-order chi connectivity index (χ1) is 7.75. The molecule has 3 heteroatoms. The molecule has 0 aliphatic carbocycles. The molecule has 0 aliphatic heterocycles. The van der Waals surface area contributed by atoms with Crippen LogP contribution < -0.4 is 0 Å². The summed E-state index contributed by atoms with van der Waals surface area (Å²) in [5.74, 6) is -1.10. The summed E-state index contributed by atoms with van der Waals surface area (Å²) in [4.78, 5) is 11.4. The van der Waals surface area contributed by atoms with E-state index in [1.807, 2.05) is 39.8 Å². The van der Waals surface area contributed by atoms with Crippen molar-refractivity contribution < 1.29 is 9.90 Å². The molecule has 90 valence electrons. The van der Waals surface area contributed by atoms with Gasteiger partial charge in [-0.2, -0.15) is 5.26 Å². The first-order valence-electron chi connectivity index (χ1n) is 5.48. The molecule has 0 amide bonds. The van der Waals surface area contributed by atoms with Gasteiger partial charge in [0.15, 0.2) is 5.41 Å². The van der Waals surface area contributed by atoms with Gasteiger partial charge in [-0.05, 0) is 62.4 Å². The third kappa shape index (κ3) is 1.91. The standard InChI is InChI=1S/C14H17NO2/c1-8-6-9(2)11(4)12(10(8)3)14(5,7-15)13(16)17/h6H,1-5H3,(H,16,17). The lowest BCUT2D eigenvalue weighted by molar-refractivity contribution is -0.141. The van der Waals surface area contributed by atoms with Crippen molar-refractivity contribution in [2.24, 2.45) is 0 Å². The van der Waals surface area contributed by atoms with Crippen molar-refractivity contribution in [2.45, 2.75) is 40.0 Å². The van der Waals surface area contributed by atoms with Gasteiger partial charge in [-0.3, -0.25) is 4.79 Å². The maximum Gasteiger partial charge on any atom is 0.328 e. The average molecular weight is 231 g/mol. The summed E-state index contributed by atoms with van der Waals surface area (Å²) in [6, 6.07) is 3.95. The Morgan fingerprint density at radius 3 is 1.94 bits per heavy atom. The summed E-state index contributed by atoms with van der Waals surface area (Å²) in [7, 11) is 0. The molecule has 0 saturated heterocycles. The van der Waals surface area contributed by atoms with Gasteiger partial charge in [0.05, 0.1) is 6.07 Å². The number of carboxylic acid groups (broad SMARTS) is 1. The second-order valence-corrected chi connectivity index (χ2v) is 4.68. The molecule has 0 spiro atoms. The summed E-state index contributed by atoms with van der Waals surface area (Å²) >= 11 is 0. The number of nitriles is 1. The summed E-state index contributed by atoms with van der Waals surface area (Å²) in [6.45, 7) is 9.07. The van der Waals surface area contributed by atoms with Gasteiger partial charge < -0.3 is 5.11 Å². The van der Waals surface area contributed by atoms with Gasteiger partial charge in [0.25, 0.3) is 0 Å². The molecule has 3 nitrogen and oxygen atoms in total. The highest BCUT2D eigenvalue weighted by Gasteiger charge is 2.38. The fraction of sp³-hybridized carbons (Fsp3) is 0.429. The molecule has 0 radical (unpaired) electrons. The highest BCUT2D eigenvalue weighted by molar-refractivity contribution is 5.86. The third-order valence-electron chi connectivity index (χ3n) is 3.52. The van der Waals surface area contributed by atoms with Crippen molar-refractivity contribution in [1.29, 1.82) is 5.26 Å². The Hall–Kier alpha value is -1.82. The van der Waals surface area contributed by atoms with Crippen LogP contribution in [0.4, 0.5) is 0 Å². The number of carbonyl (C=O) groups is 1. The first-order valence-corrected chi connectivity index (χ1v) is 5.48. The Labute approximate surface area is 102 Å². The van der Waals surface area contributed by atoms with Crippen LogP contribution in [0.25, 0.3) is 0 Å². The molecule has 1 rings (SSSR count). The normalized spacial score (nSPS) is 13.9. The maximum absolute atomic E-state index is 11.4. The zero-order valence-corrected chi connectivity index (χ0v) is 10.9. The lowest BCUT2D eigenvalue weighted by Gasteiger charge is -2.24. The van der Waals surface area contributed by atoms with Crippen molar-refractivity contribution in [1.82, 2.24) is 0 Å². The molecule has 0 aromatic heterocycles. The van der Waals surface area contributed by atoms with Crippen LogP contribution in [-0.4, -0.2) is 11.1 Å². The van der Waals surface area contributed by atoms with Crippen molar-refractivity contribution >= 4 is 5.97 Å². The molecule has 1 unspecified atom stereocenters. The molecule has 0 saturated carbocycles. The number of rotatable bonds is 2. The fourth-order valence-corrected chi connectivity index (χ4v) is 2.18. The monoisotopic (exact) mass is 231 g/mol. The molecule has 0 aliphatic rings. The Balaban J connectivity index is 3.73. The minimum Gasteiger partial charge on any atom is -0.480 e. The molecule has 0 bridgehead atoms. The van der Waals surface area contributed by atoms with Crippen LogP contribution >= 0.6 is 0 Å². The molecule has 0 heterocycles. The summed E-state index contributed by atoms with van der Waals surface area (Å²) in [6.07, 6.45) is 0. The summed E-state index contributed by atoms with van der Waals surface area (Å²) < 4.78 is 0. The number of aryl methyl sites for hydroxylation is 2. The van der Waals surface area contributed by atoms with E-state index in [1.165, 1.54) is 6.92 Å². The van der Waals surface area contributed by atoms with E-state index in [4.69, 9.17) is 0 Å². The van der Waals surface area contributed by atoms with Crippen LogP contribution in [0.2, 0.25) is 0 Å². The van der Waals surface area contributed by atoms with E-state index in [0.29, 0.717) is 5.56 Å². The number of aliphatic carboxylic acids is 1. The smallest absolute Gasteiger partial charge is 0.328 e. The lowest BCUT2D eigenvalue weighted by atomic mass is 9.76. The number of carboxylic acids is 1. The number of hydrogen-bond acceptors (Lipinski definition) is 2. The molecule has 1 atom stereocenters. The van der Waals surface area contributed by atoms with Gasteiger partial charge in [0, 0.05) is 0 Å². The topological polar surface area (TPSA) is 61.1 Å². The van der Waals surface area contributed by atoms with Crippen LogP contribution in [-0.2, 0) is 10.2 Å². The number of hydrogen-bond donors (Lipinski definition) is 1. The minimum atomic E-state index is -1.48. The second kappa shape index (κ2) is 4.21. The fourth-order valence-electron chi connectivity index (χ4n) is 2.18. The molecule has 1 aromatic rings. The molecule has 17 heavy (non-hydrogen) atoms. The zero-order valence-electron chi connectivity index (χ0n) is 10.9. The highest BCUT2D eigenvalue weighted by atomic mass is 16.4. The van der Waals surface area contributed by atoms with Gasteiger partial charge in [-0.15, -0.1) is 0 Å². The summed E-state index contributed by atoms with van der Waals surface area (Å²) in [5.41, 5.74) is 2.96. The largest absolute Gasteiger partial charge is 0.480 e. The van der Waals surface area contributed by atoms with Gasteiger partial charge >= 0.3 is 5.97 Å². The predicted octanol–water partition coefficient (Wildman–Crippen LogP) is 2.79. The second-order valence-electron chi connectivity index (χ2n) is 4.68. The number of benzene rings is 1. The lowest BCUT2D eigenvalue weighted by Crippen LogP contribution is -2.32. The molecule has 1 N–H and O–H groups in total.